The number of hydrogen-bond donors (Lipinski definition) is 13. The number of urea groups is 2. The van der Waals surface area contributed by atoms with Crippen molar-refractivity contribution in [2.75, 3.05) is 96.1 Å². The minimum Gasteiger partial charge on any atom is -0.461 e. The molecule has 0 spiro atoms. The van der Waals surface area contributed by atoms with Gasteiger partial charge < -0.3 is 97.4 Å². The molecule has 2 aromatic carbocycles. The first-order valence-corrected chi connectivity index (χ1v) is 37.2. The number of nitrogens with two attached hydrogens (primary N) is 2. The van der Waals surface area contributed by atoms with Crippen molar-refractivity contribution in [1.82, 2.24) is 56.5 Å². The average molecular weight is 1560 g/mol. The van der Waals surface area contributed by atoms with E-state index < -0.39 is 145 Å². The van der Waals surface area contributed by atoms with Crippen molar-refractivity contribution >= 4 is 111 Å². The lowest BCUT2D eigenvalue weighted by atomic mass is 10.0. The molecule has 2 aromatic rings. The number of rotatable bonds is 51. The SMILES string of the molecule is CCC(=O)OCc1ccc(NC(=O)C(CCCNC(N)=O)NC(=O)[C@@H](NC(=O)OCCN(CCOC(=O)N[C@H](C(=O)NC(CCCNC(N)=O)C(=O)Nc2ccc(COC(=O)C(C)CC)cc2)C(C)C)C(=O)OCCOCCNS(=O)(=O)NC(=O)OCCCNC(=O)CCCCCN2C(=O)C=CC2=O)C(C)C)cc1. The Kier molecular flexibility index (Phi) is 42.9. The molecule has 0 aromatic heterocycles. The molecule has 109 heavy (non-hydrogen) atoms. The molecule has 0 bridgehead atoms. The first kappa shape index (κ1) is 92.3. The van der Waals surface area contributed by atoms with Crippen molar-refractivity contribution in [2.24, 2.45) is 29.2 Å². The van der Waals surface area contributed by atoms with E-state index in [0.29, 0.717) is 48.2 Å². The molecule has 15 N–H and O–H groups in total. The Bertz CT molecular complexity index is 3480. The summed E-state index contributed by atoms with van der Waals surface area (Å²) in [5.41, 5.74) is 12.4. The molecule has 0 aliphatic carbocycles. The highest BCUT2D eigenvalue weighted by molar-refractivity contribution is 7.88. The molecule has 3 rings (SSSR count). The smallest absolute Gasteiger partial charge is 0.421 e. The van der Waals surface area contributed by atoms with Crippen molar-refractivity contribution < 1.29 is 113 Å². The maximum absolute atomic E-state index is 13.9. The van der Waals surface area contributed by atoms with Gasteiger partial charge in [0.05, 0.1) is 38.8 Å². The minimum atomic E-state index is -4.46. The van der Waals surface area contributed by atoms with Gasteiger partial charge in [-0.05, 0) is 98.6 Å². The summed E-state index contributed by atoms with van der Waals surface area (Å²) in [6, 6.07) is 6.06. The molecular weight excluding hydrogens is 1450 g/mol. The fraction of sp³-hybridized carbons (Fsp3) is 0.580. The predicted molar refractivity (Wildman–Crippen MR) is 390 cm³/mol. The molecule has 0 radical (unpaired) electrons. The second-order valence-electron chi connectivity index (χ2n) is 25.3. The Morgan fingerprint density at radius 1 is 0.505 bits per heavy atom. The van der Waals surface area contributed by atoms with Crippen molar-refractivity contribution in [3.05, 3.63) is 71.8 Å². The number of ether oxygens (including phenoxy) is 7. The third kappa shape index (κ3) is 39.0. The number of carbonyl (C=O) groups excluding carboxylic acids is 15. The first-order chi connectivity index (χ1) is 51.8. The van der Waals surface area contributed by atoms with E-state index in [2.05, 4.69) is 52.6 Å². The lowest BCUT2D eigenvalue weighted by Crippen LogP contribution is -2.55. The normalized spacial score (nSPS) is 13.1. The molecule has 0 fully saturated rings. The van der Waals surface area contributed by atoms with Crippen LogP contribution in [0, 0.1) is 17.8 Å². The van der Waals surface area contributed by atoms with Crippen LogP contribution >= 0.6 is 0 Å². The van der Waals surface area contributed by atoms with E-state index in [1.165, 1.54) is 12.2 Å². The van der Waals surface area contributed by atoms with Crippen LogP contribution in [0.5, 0.6) is 0 Å². The van der Waals surface area contributed by atoms with Crippen LogP contribution in [-0.2, 0) is 99.7 Å². The number of unbranched alkanes of at least 4 members (excludes halogenated alkanes) is 2. The summed E-state index contributed by atoms with van der Waals surface area (Å²) >= 11 is 0. The highest BCUT2D eigenvalue weighted by atomic mass is 32.2. The summed E-state index contributed by atoms with van der Waals surface area (Å²) in [4.78, 5) is 192. The van der Waals surface area contributed by atoms with Gasteiger partial charge in [-0.15, -0.1) is 0 Å². The summed E-state index contributed by atoms with van der Waals surface area (Å²) in [5.74, 6) is -6.27. The van der Waals surface area contributed by atoms with E-state index in [1.54, 1.807) is 94.8 Å². The lowest BCUT2D eigenvalue weighted by molar-refractivity contribution is -0.149. The van der Waals surface area contributed by atoms with Gasteiger partial charge in [0.1, 0.15) is 57.2 Å². The average Bonchev–Trinajstić information content (AvgIpc) is 1.87. The number of carbonyl (C=O) groups is 15. The highest BCUT2D eigenvalue weighted by Crippen LogP contribution is 2.17. The maximum atomic E-state index is 13.9. The second kappa shape index (κ2) is 50.6. The van der Waals surface area contributed by atoms with Crippen LogP contribution in [0.2, 0.25) is 0 Å². The van der Waals surface area contributed by atoms with Crippen molar-refractivity contribution in [3.63, 3.8) is 0 Å². The van der Waals surface area contributed by atoms with Gasteiger partial charge in [0, 0.05) is 69.1 Å². The molecule has 1 aliphatic heterocycles. The van der Waals surface area contributed by atoms with Gasteiger partial charge >= 0.3 is 58.6 Å². The standard InChI is InChI=1S/C69H105N15O24S/c1-8-46(7)63(93)108-43-48-21-25-50(26-22-48)77-60(90)52(17-14-30-74-65(71)95)79-62(92)58(45(5)6)81-67(97)105-39-35-83(69(99)106-41-40-102-37-32-75-109(100,101)82-68(98)103-36-15-31-72-53(85)18-11-10-12-33-84-54(86)27-28-55(84)87)34-38-104-66(96)80-57(44(3)4)61(91)78-51(16-13-29-73-64(70)94)59(89)76-49-23-19-47(20-24-49)42-107-56(88)9-2/h19-28,44-46,51-52,57-58,75H,8-18,29-43H2,1-7H3,(H,72,85)(H,76,89)(H,77,90)(H,78,91)(H,79,92)(H,80,96)(H,81,97)(H,82,98)(H3,70,73,94)(H3,71,74,95)/t46?,51?,52?,57-,58-/m0/s1. The molecule has 606 valence electrons. The third-order valence-electron chi connectivity index (χ3n) is 15.9. The largest absolute Gasteiger partial charge is 0.461 e. The van der Waals surface area contributed by atoms with Crippen LogP contribution in [0.3, 0.4) is 0 Å². The van der Waals surface area contributed by atoms with E-state index in [1.807, 2.05) is 6.92 Å². The topological polar surface area (TPSA) is 546 Å². The van der Waals surface area contributed by atoms with Gasteiger partial charge in [0.15, 0.2) is 0 Å². The van der Waals surface area contributed by atoms with E-state index in [9.17, 15) is 80.3 Å². The monoisotopic (exact) mass is 1560 g/mol. The summed E-state index contributed by atoms with van der Waals surface area (Å²) in [7, 11) is -4.46. The summed E-state index contributed by atoms with van der Waals surface area (Å²) < 4.78 is 65.7. The van der Waals surface area contributed by atoms with Crippen LogP contribution in [-0.4, -0.2) is 218 Å². The fourth-order valence-corrected chi connectivity index (χ4v) is 10.3. The van der Waals surface area contributed by atoms with Crippen molar-refractivity contribution in [1.29, 1.82) is 0 Å². The van der Waals surface area contributed by atoms with Gasteiger partial charge in [-0.3, -0.25) is 48.1 Å². The van der Waals surface area contributed by atoms with Crippen LogP contribution in [0.15, 0.2) is 60.7 Å². The molecule has 40 heteroatoms. The van der Waals surface area contributed by atoms with Crippen LogP contribution in [0.25, 0.3) is 0 Å². The Labute approximate surface area is 632 Å². The van der Waals surface area contributed by atoms with Crippen molar-refractivity contribution in [2.45, 2.75) is 156 Å². The van der Waals surface area contributed by atoms with E-state index in [0.717, 1.165) is 9.80 Å². The van der Waals surface area contributed by atoms with Crippen molar-refractivity contribution in [3.8, 4) is 0 Å². The highest BCUT2D eigenvalue weighted by Gasteiger charge is 2.32. The third-order valence-corrected chi connectivity index (χ3v) is 16.9. The Morgan fingerprint density at radius 2 is 0.991 bits per heavy atom. The maximum Gasteiger partial charge on any atom is 0.421 e. The van der Waals surface area contributed by atoms with Gasteiger partial charge in [-0.2, -0.15) is 13.1 Å². The number of nitrogens with one attached hydrogen (secondary N) is 11. The van der Waals surface area contributed by atoms with E-state index in [-0.39, 0.29) is 140 Å². The molecule has 1 aliphatic rings. The van der Waals surface area contributed by atoms with Crippen LogP contribution in [0.1, 0.15) is 130 Å². The number of imide groups is 1. The lowest BCUT2D eigenvalue weighted by Gasteiger charge is -2.26. The predicted octanol–water partition coefficient (Wildman–Crippen LogP) is 2.18. The second-order valence-corrected chi connectivity index (χ2v) is 26.8. The number of nitrogens with zero attached hydrogens (tertiary/aromatic N) is 2. The number of anilines is 2. The summed E-state index contributed by atoms with van der Waals surface area (Å²) in [5, 5.41) is 23.1. The van der Waals surface area contributed by atoms with E-state index in [4.69, 9.17) is 44.6 Å². The van der Waals surface area contributed by atoms with Gasteiger partial charge in [-0.25, -0.2) is 33.5 Å². The number of alkyl carbamates (subject to hydrolysis) is 2. The summed E-state index contributed by atoms with van der Waals surface area (Å²) in [6.07, 6.45) is 0.770. The first-order valence-electron chi connectivity index (χ1n) is 35.7. The van der Waals surface area contributed by atoms with E-state index >= 15 is 0 Å². The molecule has 39 nitrogen and oxygen atoms in total. The molecule has 5 atom stereocenters. The Balaban J connectivity index is 1.65. The number of benzene rings is 2. The molecule has 0 saturated carbocycles. The minimum absolute atomic E-state index is 0.0000677. The van der Waals surface area contributed by atoms with Crippen LogP contribution in [0.4, 0.5) is 40.1 Å². The fourth-order valence-electron chi connectivity index (χ4n) is 9.59. The zero-order chi connectivity index (χ0) is 80.8. The summed E-state index contributed by atoms with van der Waals surface area (Å²) in [6.45, 7) is 8.35. The molecule has 15 amide bonds. The molecular formula is C69H105N15O24S. The Morgan fingerprint density at radius 3 is 1.47 bits per heavy atom. The number of hydrogen-bond acceptors (Lipinski definition) is 24. The molecule has 1 heterocycles. The zero-order valence-electron chi connectivity index (χ0n) is 62.5. The zero-order valence-corrected chi connectivity index (χ0v) is 63.3. The number of esters is 2. The molecule has 0 saturated heterocycles. The molecule has 3 unspecified atom stereocenters. The quantitative estimate of drug-likeness (QED) is 0.0195. The number of primary amides is 2. The van der Waals surface area contributed by atoms with Gasteiger partial charge in [0.25, 0.3) is 11.8 Å². The van der Waals surface area contributed by atoms with Crippen LogP contribution < -0.4 is 68.8 Å². The number of amides is 15. The van der Waals surface area contributed by atoms with Gasteiger partial charge in [-0.1, -0.05) is 79.2 Å². The Hall–Kier alpha value is -10.9. The van der Waals surface area contributed by atoms with Gasteiger partial charge in [0.2, 0.25) is 29.5 Å².